The summed E-state index contributed by atoms with van der Waals surface area (Å²) in [5, 5.41) is 5.85. The van der Waals surface area contributed by atoms with Crippen LogP contribution in [0.25, 0.3) is 0 Å². The quantitative estimate of drug-likeness (QED) is 0.540. The molecular weight excluding hydrogens is 308 g/mol. The molecule has 0 heterocycles. The summed E-state index contributed by atoms with van der Waals surface area (Å²) in [4.78, 5) is 11.9. The maximum absolute atomic E-state index is 11.9. The van der Waals surface area contributed by atoms with Gasteiger partial charge in [-0.25, -0.2) is 0 Å². The van der Waals surface area contributed by atoms with E-state index in [1.807, 2.05) is 31.3 Å². The zero-order chi connectivity index (χ0) is 17.6. The average molecular weight is 338 g/mol. The molecule has 0 aromatic heterocycles. The van der Waals surface area contributed by atoms with E-state index in [-0.39, 0.29) is 5.91 Å². The van der Waals surface area contributed by atoms with Gasteiger partial charge in [-0.1, -0.05) is 19.9 Å². The number of carbonyl (C=O) groups excluding carboxylic acids is 1. The van der Waals surface area contributed by atoms with Crippen molar-refractivity contribution in [2.24, 2.45) is 5.92 Å². The molecule has 0 saturated heterocycles. The first-order valence-electron chi connectivity index (χ1n) is 8.44. The molecule has 0 unspecified atom stereocenters. The van der Waals surface area contributed by atoms with Crippen LogP contribution in [0.1, 0.15) is 20.3 Å². The Morgan fingerprint density at radius 1 is 1.12 bits per heavy atom. The summed E-state index contributed by atoms with van der Waals surface area (Å²) in [5.74, 6) is 1.14. The summed E-state index contributed by atoms with van der Waals surface area (Å²) in [6, 6.07) is 7.42. The summed E-state index contributed by atoms with van der Waals surface area (Å²) >= 11 is 0. The highest BCUT2D eigenvalue weighted by molar-refractivity contribution is 5.90. The number of nitrogens with one attached hydrogen (secondary N) is 2. The van der Waals surface area contributed by atoms with Crippen LogP contribution in [0.4, 0.5) is 5.69 Å². The molecule has 0 aliphatic rings. The van der Waals surface area contributed by atoms with E-state index >= 15 is 0 Å². The van der Waals surface area contributed by atoms with E-state index < -0.39 is 0 Å². The Bertz CT molecular complexity index is 466. The van der Waals surface area contributed by atoms with Gasteiger partial charge in [0.1, 0.15) is 5.75 Å². The van der Waals surface area contributed by atoms with E-state index in [0.717, 1.165) is 18.0 Å². The summed E-state index contributed by atoms with van der Waals surface area (Å²) < 4.78 is 16.4. The monoisotopic (exact) mass is 338 g/mol. The average Bonchev–Trinajstić information content (AvgIpc) is 2.56. The Morgan fingerprint density at radius 3 is 2.58 bits per heavy atom. The first-order valence-corrected chi connectivity index (χ1v) is 8.44. The molecule has 0 atom stereocenters. The van der Waals surface area contributed by atoms with Crippen LogP contribution in [0.3, 0.4) is 0 Å². The molecule has 0 saturated carbocycles. The number of carbonyl (C=O) groups is 1. The van der Waals surface area contributed by atoms with Crippen molar-refractivity contribution in [3.05, 3.63) is 24.3 Å². The van der Waals surface area contributed by atoms with Crippen molar-refractivity contribution in [1.82, 2.24) is 5.32 Å². The van der Waals surface area contributed by atoms with Crippen LogP contribution in [-0.4, -0.2) is 52.5 Å². The maximum atomic E-state index is 11.9. The summed E-state index contributed by atoms with van der Waals surface area (Å²) in [6.45, 7) is 7.74. The minimum absolute atomic E-state index is 0.0767. The summed E-state index contributed by atoms with van der Waals surface area (Å²) in [5.41, 5.74) is 0.733. The van der Waals surface area contributed by atoms with Crippen molar-refractivity contribution in [1.29, 1.82) is 0 Å². The third-order valence-corrected chi connectivity index (χ3v) is 3.04. The van der Waals surface area contributed by atoms with Crippen molar-refractivity contribution < 1.29 is 19.0 Å². The van der Waals surface area contributed by atoms with Gasteiger partial charge >= 0.3 is 0 Å². The van der Waals surface area contributed by atoms with E-state index in [1.54, 1.807) is 0 Å². The lowest BCUT2D eigenvalue weighted by Crippen LogP contribution is -2.17. The molecule has 1 aromatic rings. The lowest BCUT2D eigenvalue weighted by molar-refractivity contribution is -0.117. The molecule has 2 N–H and O–H groups in total. The Kier molecular flexibility index (Phi) is 10.8. The van der Waals surface area contributed by atoms with E-state index in [9.17, 15) is 4.79 Å². The molecule has 0 aliphatic heterocycles. The van der Waals surface area contributed by atoms with Gasteiger partial charge in [-0.15, -0.1) is 0 Å². The van der Waals surface area contributed by atoms with Gasteiger partial charge in [0.25, 0.3) is 0 Å². The lowest BCUT2D eigenvalue weighted by atomic mass is 10.2. The van der Waals surface area contributed by atoms with E-state index in [2.05, 4.69) is 24.5 Å². The fourth-order valence-corrected chi connectivity index (χ4v) is 1.81. The van der Waals surface area contributed by atoms with Gasteiger partial charge in [0.2, 0.25) is 5.91 Å². The second kappa shape index (κ2) is 12.8. The van der Waals surface area contributed by atoms with Gasteiger partial charge in [0.15, 0.2) is 0 Å². The van der Waals surface area contributed by atoms with E-state index in [4.69, 9.17) is 14.2 Å². The van der Waals surface area contributed by atoms with E-state index in [0.29, 0.717) is 45.4 Å². The standard InChI is InChI=1S/C18H30N2O4/c1-15(2)14-24-17-6-4-5-16(13-17)20-18(21)7-9-22-11-12-23-10-8-19-3/h4-6,13,15,19H,7-12,14H2,1-3H3,(H,20,21). The van der Waals surface area contributed by atoms with Gasteiger partial charge in [-0.3, -0.25) is 4.79 Å². The van der Waals surface area contributed by atoms with Gasteiger partial charge in [0.05, 0.1) is 39.5 Å². The number of rotatable bonds is 13. The minimum atomic E-state index is -0.0767. The van der Waals surface area contributed by atoms with Crippen LogP contribution in [-0.2, 0) is 14.3 Å². The second-order valence-corrected chi connectivity index (χ2v) is 5.86. The highest BCUT2D eigenvalue weighted by atomic mass is 16.5. The minimum Gasteiger partial charge on any atom is -0.493 e. The highest BCUT2D eigenvalue weighted by Gasteiger charge is 2.04. The molecule has 6 heteroatoms. The zero-order valence-electron chi connectivity index (χ0n) is 15.0. The Balaban J connectivity index is 2.17. The second-order valence-electron chi connectivity index (χ2n) is 5.86. The summed E-state index contributed by atoms with van der Waals surface area (Å²) in [6.07, 6.45) is 0.313. The Morgan fingerprint density at radius 2 is 1.88 bits per heavy atom. The molecule has 6 nitrogen and oxygen atoms in total. The zero-order valence-corrected chi connectivity index (χ0v) is 15.0. The fourth-order valence-electron chi connectivity index (χ4n) is 1.81. The van der Waals surface area contributed by atoms with Gasteiger partial charge in [-0.2, -0.15) is 0 Å². The maximum Gasteiger partial charge on any atom is 0.226 e. The SMILES string of the molecule is CNCCOCCOCCC(=O)Nc1cccc(OCC(C)C)c1. The number of ether oxygens (including phenoxy) is 3. The molecule has 24 heavy (non-hydrogen) atoms. The predicted octanol–water partition coefficient (Wildman–Crippen LogP) is 2.30. The normalized spacial score (nSPS) is 10.8. The van der Waals surface area contributed by atoms with E-state index in [1.165, 1.54) is 0 Å². The first kappa shape index (κ1) is 20.4. The molecular formula is C18H30N2O4. The topological polar surface area (TPSA) is 68.8 Å². The number of hydrogen-bond donors (Lipinski definition) is 2. The Hall–Kier alpha value is -1.63. The molecule has 0 radical (unpaired) electrons. The van der Waals surface area contributed by atoms with Crippen molar-refractivity contribution in [3.8, 4) is 5.75 Å². The molecule has 0 aliphatic carbocycles. The number of likely N-dealkylation sites (N-methyl/N-ethyl adjacent to an activating group) is 1. The first-order chi connectivity index (χ1) is 11.6. The number of benzene rings is 1. The van der Waals surface area contributed by atoms with Crippen molar-refractivity contribution in [3.63, 3.8) is 0 Å². The number of anilines is 1. The van der Waals surface area contributed by atoms with Crippen LogP contribution in [0.2, 0.25) is 0 Å². The summed E-state index contributed by atoms with van der Waals surface area (Å²) in [7, 11) is 1.88. The lowest BCUT2D eigenvalue weighted by Gasteiger charge is -2.11. The number of hydrogen-bond acceptors (Lipinski definition) is 5. The van der Waals surface area contributed by atoms with Crippen LogP contribution in [0, 0.1) is 5.92 Å². The van der Waals surface area contributed by atoms with Crippen molar-refractivity contribution in [2.45, 2.75) is 20.3 Å². The molecule has 1 rings (SSSR count). The van der Waals surface area contributed by atoms with Crippen LogP contribution < -0.4 is 15.4 Å². The fraction of sp³-hybridized carbons (Fsp3) is 0.611. The van der Waals surface area contributed by atoms with Crippen molar-refractivity contribution >= 4 is 11.6 Å². The molecule has 1 amide bonds. The van der Waals surface area contributed by atoms with Crippen molar-refractivity contribution in [2.75, 3.05) is 51.9 Å². The van der Waals surface area contributed by atoms with Crippen LogP contribution >= 0.6 is 0 Å². The number of amides is 1. The van der Waals surface area contributed by atoms with Crippen LogP contribution in [0.15, 0.2) is 24.3 Å². The predicted molar refractivity (Wildman–Crippen MR) is 95.6 cm³/mol. The molecule has 0 spiro atoms. The molecule has 1 aromatic carbocycles. The van der Waals surface area contributed by atoms with Gasteiger partial charge in [-0.05, 0) is 25.1 Å². The molecule has 136 valence electrons. The molecule has 0 fully saturated rings. The third kappa shape index (κ3) is 10.2. The third-order valence-electron chi connectivity index (χ3n) is 3.04. The Labute approximate surface area is 144 Å². The largest absolute Gasteiger partial charge is 0.493 e. The van der Waals surface area contributed by atoms with Gasteiger partial charge < -0.3 is 24.8 Å². The smallest absolute Gasteiger partial charge is 0.226 e. The van der Waals surface area contributed by atoms with Gasteiger partial charge in [0, 0.05) is 18.3 Å². The van der Waals surface area contributed by atoms with Crippen LogP contribution in [0.5, 0.6) is 5.75 Å². The molecule has 0 bridgehead atoms. The highest BCUT2D eigenvalue weighted by Crippen LogP contribution is 2.18.